The van der Waals surface area contributed by atoms with E-state index < -0.39 is 49.5 Å². The molecule has 9 heteroatoms. The lowest BCUT2D eigenvalue weighted by atomic mass is 9.99. The second-order valence-corrected chi connectivity index (χ2v) is 20.8. The van der Waals surface area contributed by atoms with Crippen molar-refractivity contribution in [2.24, 2.45) is 0 Å². The predicted molar refractivity (Wildman–Crippen MR) is 290 cm³/mol. The monoisotopic (exact) mass is 976 g/mol. The number of carbonyl (C=O) groups is 1. The number of aliphatic hydroxyl groups is 5. The maximum atomic E-state index is 13.0. The summed E-state index contributed by atoms with van der Waals surface area (Å²) in [4.78, 5) is 13.0. The molecule has 1 saturated heterocycles. The van der Waals surface area contributed by atoms with Gasteiger partial charge in [0, 0.05) is 6.42 Å². The van der Waals surface area contributed by atoms with Gasteiger partial charge in [0.15, 0.2) is 6.29 Å². The van der Waals surface area contributed by atoms with Gasteiger partial charge in [0.25, 0.3) is 0 Å². The number of hydrogen-bond acceptors (Lipinski definition) is 8. The van der Waals surface area contributed by atoms with Gasteiger partial charge in [0.1, 0.15) is 24.4 Å². The zero-order valence-electron chi connectivity index (χ0n) is 45.1. The highest BCUT2D eigenvalue weighted by Gasteiger charge is 2.44. The summed E-state index contributed by atoms with van der Waals surface area (Å²) in [7, 11) is 0. The van der Waals surface area contributed by atoms with Crippen LogP contribution in [0.5, 0.6) is 0 Å². The molecule has 1 rings (SSSR count). The maximum absolute atomic E-state index is 13.0. The summed E-state index contributed by atoms with van der Waals surface area (Å²) < 4.78 is 11.3. The zero-order valence-corrected chi connectivity index (χ0v) is 45.1. The van der Waals surface area contributed by atoms with Crippen LogP contribution in [-0.4, -0.2) is 87.5 Å². The molecule has 6 N–H and O–H groups in total. The van der Waals surface area contributed by atoms with Crippen LogP contribution in [0.1, 0.15) is 284 Å². The van der Waals surface area contributed by atoms with Gasteiger partial charge in [-0.05, 0) is 44.9 Å². The largest absolute Gasteiger partial charge is 0.394 e. The molecule has 1 aliphatic rings. The van der Waals surface area contributed by atoms with Gasteiger partial charge in [-0.15, -0.1) is 0 Å². The van der Waals surface area contributed by atoms with E-state index in [4.69, 9.17) is 9.47 Å². The Hall–Kier alpha value is -1.59. The third kappa shape index (κ3) is 39.6. The summed E-state index contributed by atoms with van der Waals surface area (Å²) in [6.07, 6.45) is 57.9. The van der Waals surface area contributed by atoms with Crippen LogP contribution in [0, 0.1) is 0 Å². The number of nitrogens with one attached hydrogen (secondary N) is 1. The molecule has 7 atom stereocenters. The first kappa shape index (κ1) is 65.4. The average Bonchev–Trinajstić information content (AvgIpc) is 3.35. The molecule has 0 aliphatic carbocycles. The van der Waals surface area contributed by atoms with Crippen molar-refractivity contribution >= 4 is 5.91 Å². The minimum atomic E-state index is -1.57. The highest BCUT2D eigenvalue weighted by Crippen LogP contribution is 2.23. The fraction of sp³-hybridized carbons (Fsp3) is 0.883. The predicted octanol–water partition coefficient (Wildman–Crippen LogP) is 14.7. The van der Waals surface area contributed by atoms with E-state index >= 15 is 0 Å². The lowest BCUT2D eigenvalue weighted by Gasteiger charge is -2.40. The van der Waals surface area contributed by atoms with Crippen LogP contribution < -0.4 is 5.32 Å². The van der Waals surface area contributed by atoms with Gasteiger partial charge in [0.2, 0.25) is 5.91 Å². The minimum Gasteiger partial charge on any atom is -0.394 e. The van der Waals surface area contributed by atoms with Gasteiger partial charge in [-0.2, -0.15) is 0 Å². The summed E-state index contributed by atoms with van der Waals surface area (Å²) in [5, 5.41) is 54.5. The quantitative estimate of drug-likeness (QED) is 0.0261. The first-order valence-corrected chi connectivity index (χ1v) is 29.7. The summed E-state index contributed by atoms with van der Waals surface area (Å²) in [6.45, 7) is 3.79. The van der Waals surface area contributed by atoms with E-state index in [9.17, 15) is 30.3 Å². The van der Waals surface area contributed by atoms with Crippen molar-refractivity contribution in [1.29, 1.82) is 0 Å². The Kier molecular flexibility index (Phi) is 47.4. The van der Waals surface area contributed by atoms with Crippen molar-refractivity contribution in [3.8, 4) is 0 Å². The Labute approximate surface area is 425 Å². The Morgan fingerprint density at radius 3 is 1.22 bits per heavy atom. The molecule has 1 fully saturated rings. The van der Waals surface area contributed by atoms with Gasteiger partial charge in [-0.3, -0.25) is 4.79 Å². The second kappa shape index (κ2) is 50.0. The number of carbonyl (C=O) groups excluding carboxylic acids is 1. The van der Waals surface area contributed by atoms with Gasteiger partial charge in [-0.25, -0.2) is 0 Å². The van der Waals surface area contributed by atoms with Crippen LogP contribution in [0.3, 0.4) is 0 Å². The van der Waals surface area contributed by atoms with Gasteiger partial charge >= 0.3 is 0 Å². The van der Waals surface area contributed by atoms with Crippen LogP contribution in [-0.2, 0) is 14.3 Å². The van der Waals surface area contributed by atoms with Crippen LogP contribution in [0.2, 0.25) is 0 Å². The van der Waals surface area contributed by atoms with E-state index in [0.717, 1.165) is 44.9 Å². The number of hydrogen-bond donors (Lipinski definition) is 6. The molecule has 1 amide bonds. The van der Waals surface area contributed by atoms with Gasteiger partial charge in [-0.1, -0.05) is 269 Å². The normalized spacial score (nSPS) is 19.7. The zero-order chi connectivity index (χ0) is 50.1. The number of amides is 1. The molecule has 1 heterocycles. The van der Waals surface area contributed by atoms with Gasteiger partial charge < -0.3 is 40.3 Å². The Balaban J connectivity index is 2.24. The fourth-order valence-electron chi connectivity index (χ4n) is 9.49. The molecule has 0 aromatic rings. The standard InChI is InChI=1S/C60H113NO8/c1-3-5-7-9-11-13-15-17-19-21-23-24-25-26-27-28-29-30-32-33-35-37-39-41-43-45-47-49-54(63)53(52-68-60-59(67)58(66)57(65)55(51-62)69-60)61-56(64)50-48-46-44-42-40-38-36-34-31-22-20-18-16-14-12-10-8-6-4-2/h32-33,39,41,47,49,53-55,57-60,62-63,65-67H,3-31,34-38,40,42-46,48,50-52H2,1-2H3,(H,61,64)/b33-32+,41-39+,49-47+. The average molecular weight is 977 g/mol. The molecule has 69 heavy (non-hydrogen) atoms. The summed E-state index contributed by atoms with van der Waals surface area (Å²) >= 11 is 0. The minimum absolute atomic E-state index is 0.186. The molecule has 0 bridgehead atoms. The highest BCUT2D eigenvalue weighted by molar-refractivity contribution is 5.76. The molecule has 1 aliphatic heterocycles. The molecule has 0 radical (unpaired) electrons. The maximum Gasteiger partial charge on any atom is 0.220 e. The summed E-state index contributed by atoms with van der Waals surface area (Å²) in [6, 6.07) is -0.826. The first-order valence-electron chi connectivity index (χ1n) is 29.7. The lowest BCUT2D eigenvalue weighted by Crippen LogP contribution is -2.60. The number of allylic oxidation sites excluding steroid dienone is 5. The molecule has 9 nitrogen and oxygen atoms in total. The molecule has 0 aromatic carbocycles. The van der Waals surface area contributed by atoms with Crippen molar-refractivity contribution in [3.05, 3.63) is 36.5 Å². The Bertz CT molecular complexity index is 1180. The van der Waals surface area contributed by atoms with Gasteiger partial charge in [0.05, 0.1) is 25.4 Å². The Morgan fingerprint density at radius 2 is 0.826 bits per heavy atom. The van der Waals surface area contributed by atoms with Crippen LogP contribution >= 0.6 is 0 Å². The van der Waals surface area contributed by atoms with Crippen LogP contribution in [0.15, 0.2) is 36.5 Å². The van der Waals surface area contributed by atoms with E-state index in [0.29, 0.717) is 6.42 Å². The number of unbranched alkanes of at least 4 members (excludes halogenated alkanes) is 37. The topological polar surface area (TPSA) is 149 Å². The van der Waals surface area contributed by atoms with Crippen molar-refractivity contribution < 1.29 is 39.8 Å². The molecular formula is C60H113NO8. The molecule has 406 valence electrons. The molecular weight excluding hydrogens is 863 g/mol. The molecule has 0 aromatic heterocycles. The fourth-order valence-corrected chi connectivity index (χ4v) is 9.49. The molecule has 7 unspecified atom stereocenters. The third-order valence-corrected chi connectivity index (χ3v) is 14.2. The lowest BCUT2D eigenvalue weighted by molar-refractivity contribution is -0.302. The third-order valence-electron chi connectivity index (χ3n) is 14.2. The summed E-state index contributed by atoms with van der Waals surface area (Å²) in [5.41, 5.74) is 0. The highest BCUT2D eigenvalue weighted by atomic mass is 16.7. The van der Waals surface area contributed by atoms with Crippen molar-refractivity contribution in [2.75, 3.05) is 13.2 Å². The number of rotatable bonds is 51. The van der Waals surface area contributed by atoms with Crippen molar-refractivity contribution in [3.63, 3.8) is 0 Å². The molecule has 0 saturated carbocycles. The second-order valence-electron chi connectivity index (χ2n) is 20.8. The van der Waals surface area contributed by atoms with E-state index in [-0.39, 0.29) is 12.5 Å². The number of aliphatic hydroxyl groups excluding tert-OH is 5. The number of ether oxygens (including phenoxy) is 2. The van der Waals surface area contributed by atoms with E-state index in [2.05, 4.69) is 43.5 Å². The SMILES string of the molecule is CCCCCCCCCCCCCCCCCCC/C=C/CC/C=C/CC/C=C/C(O)C(COC1OC(CO)C(O)C(O)C1O)NC(=O)CCCCCCCCCCCCCCCCCCCCC. The summed E-state index contributed by atoms with van der Waals surface area (Å²) in [5.74, 6) is -0.186. The molecule has 0 spiro atoms. The van der Waals surface area contributed by atoms with E-state index in [1.54, 1.807) is 6.08 Å². The smallest absolute Gasteiger partial charge is 0.220 e. The van der Waals surface area contributed by atoms with Crippen molar-refractivity contribution in [2.45, 2.75) is 326 Å². The Morgan fingerprint density at radius 1 is 0.478 bits per heavy atom. The van der Waals surface area contributed by atoms with E-state index in [1.807, 2.05) is 6.08 Å². The first-order chi connectivity index (χ1) is 33.8. The van der Waals surface area contributed by atoms with Crippen LogP contribution in [0.4, 0.5) is 0 Å². The van der Waals surface area contributed by atoms with Crippen LogP contribution in [0.25, 0.3) is 0 Å². The van der Waals surface area contributed by atoms with E-state index in [1.165, 1.54) is 218 Å². The van der Waals surface area contributed by atoms with Crippen molar-refractivity contribution in [1.82, 2.24) is 5.32 Å².